The van der Waals surface area contributed by atoms with Crippen LogP contribution >= 0.6 is 0 Å². The monoisotopic (exact) mass is 411 g/mol. The van der Waals surface area contributed by atoms with Crippen LogP contribution in [0, 0.1) is 0 Å². The number of fused-ring (bicyclic) bond motifs is 1. The van der Waals surface area contributed by atoms with Gasteiger partial charge in [-0.15, -0.1) is 0 Å². The number of imidazole rings is 1. The van der Waals surface area contributed by atoms with E-state index >= 15 is 0 Å². The zero-order valence-electron chi connectivity index (χ0n) is 15.5. The molecule has 1 saturated heterocycles. The normalized spacial score (nSPS) is 17.0. The minimum atomic E-state index is -4.39. The number of aromatic amines is 2. The third-order valence-corrected chi connectivity index (χ3v) is 5.28. The maximum atomic E-state index is 12.8. The van der Waals surface area contributed by atoms with Crippen molar-refractivity contribution >= 4 is 22.8 Å². The van der Waals surface area contributed by atoms with E-state index in [4.69, 9.17) is 0 Å². The first kappa shape index (κ1) is 18.3. The van der Waals surface area contributed by atoms with Crippen molar-refractivity contribution in [1.82, 2.24) is 20.3 Å². The highest BCUT2D eigenvalue weighted by Crippen LogP contribution is 2.34. The van der Waals surface area contributed by atoms with Crippen molar-refractivity contribution in [2.45, 2.75) is 12.2 Å². The Hall–Kier alpha value is -3.75. The van der Waals surface area contributed by atoms with Gasteiger partial charge in [0.15, 0.2) is 0 Å². The molecule has 2 amide bonds. The number of hydrogen-bond acceptors (Lipinski definition) is 2. The first-order chi connectivity index (χ1) is 14.4. The van der Waals surface area contributed by atoms with Gasteiger partial charge in [0.2, 0.25) is 0 Å². The number of urea groups is 1. The Kier molecular flexibility index (Phi) is 4.05. The van der Waals surface area contributed by atoms with Gasteiger partial charge in [-0.25, -0.2) is 9.78 Å². The smallest absolute Gasteiger partial charge is 0.361 e. The highest BCUT2D eigenvalue weighted by Gasteiger charge is 2.34. The number of halogens is 3. The summed E-state index contributed by atoms with van der Waals surface area (Å²) in [5.41, 5.74) is 3.54. The van der Waals surface area contributed by atoms with E-state index in [1.54, 1.807) is 23.4 Å². The Morgan fingerprint density at radius 2 is 1.83 bits per heavy atom. The topological polar surface area (TPSA) is 76.8 Å². The van der Waals surface area contributed by atoms with E-state index in [1.165, 1.54) is 0 Å². The van der Waals surface area contributed by atoms with Gasteiger partial charge in [-0.1, -0.05) is 24.3 Å². The van der Waals surface area contributed by atoms with E-state index in [0.717, 1.165) is 34.5 Å². The average molecular weight is 411 g/mol. The number of nitrogens with one attached hydrogen (secondary N) is 3. The Morgan fingerprint density at radius 1 is 1.03 bits per heavy atom. The summed E-state index contributed by atoms with van der Waals surface area (Å²) in [5, 5.41) is 2.85. The molecule has 1 unspecified atom stereocenters. The average Bonchev–Trinajstić information content (AvgIpc) is 3.46. The van der Waals surface area contributed by atoms with Crippen LogP contribution in [0.2, 0.25) is 0 Å². The van der Waals surface area contributed by atoms with Gasteiger partial charge in [0.05, 0.1) is 29.0 Å². The molecule has 0 bridgehead atoms. The Labute approximate surface area is 168 Å². The number of H-pyrrole nitrogens is 2. The lowest BCUT2D eigenvalue weighted by Gasteiger charge is -2.23. The van der Waals surface area contributed by atoms with Gasteiger partial charge in [0, 0.05) is 24.1 Å². The highest BCUT2D eigenvalue weighted by molar-refractivity contribution is 5.97. The van der Waals surface area contributed by atoms with Crippen LogP contribution < -0.4 is 10.2 Å². The van der Waals surface area contributed by atoms with Gasteiger partial charge in [-0.2, -0.15) is 13.2 Å². The summed E-state index contributed by atoms with van der Waals surface area (Å²) in [4.78, 5) is 24.1. The molecule has 1 aliphatic rings. The Bertz CT molecular complexity index is 1230. The molecule has 1 aliphatic heterocycles. The van der Waals surface area contributed by atoms with Crippen LogP contribution in [-0.4, -0.2) is 27.5 Å². The molecule has 0 saturated carbocycles. The van der Waals surface area contributed by atoms with Gasteiger partial charge in [-0.05, 0) is 35.4 Å². The maximum absolute atomic E-state index is 12.8. The summed E-state index contributed by atoms with van der Waals surface area (Å²) in [6, 6.07) is 13.4. The second kappa shape index (κ2) is 6.65. The number of carbonyl (C=O) groups excluding carboxylic acids is 1. The third kappa shape index (κ3) is 3.08. The molecule has 0 spiro atoms. The van der Waals surface area contributed by atoms with Crippen LogP contribution in [0.3, 0.4) is 0 Å². The van der Waals surface area contributed by atoms with Gasteiger partial charge in [0.25, 0.3) is 0 Å². The summed E-state index contributed by atoms with van der Waals surface area (Å²) in [6.45, 7) is 0.428. The van der Waals surface area contributed by atoms with E-state index in [0.29, 0.717) is 17.8 Å². The summed E-state index contributed by atoms with van der Waals surface area (Å²) < 4.78 is 38.5. The number of nitrogens with zero attached hydrogens (tertiary/aromatic N) is 2. The number of alkyl halides is 3. The number of carbonyl (C=O) groups is 1. The van der Waals surface area contributed by atoms with Crippen molar-refractivity contribution in [3.63, 3.8) is 0 Å². The van der Waals surface area contributed by atoms with E-state index in [9.17, 15) is 18.0 Å². The maximum Gasteiger partial charge on any atom is 0.417 e. The van der Waals surface area contributed by atoms with Crippen molar-refractivity contribution in [1.29, 1.82) is 0 Å². The first-order valence-electron chi connectivity index (χ1n) is 9.26. The SMILES string of the molecule is O=C1NCC(c2ccc(-c3cc(C(F)(F)F)c[nH]3)cc2)N1c1ccc2[nH]cnc2c1. The van der Waals surface area contributed by atoms with Gasteiger partial charge >= 0.3 is 12.2 Å². The summed E-state index contributed by atoms with van der Waals surface area (Å²) in [7, 11) is 0. The predicted octanol–water partition coefficient (Wildman–Crippen LogP) is 4.85. The molecule has 9 heteroatoms. The fourth-order valence-electron chi connectivity index (χ4n) is 3.75. The second-order valence-corrected chi connectivity index (χ2v) is 7.10. The van der Waals surface area contributed by atoms with Crippen molar-refractivity contribution in [2.24, 2.45) is 0 Å². The van der Waals surface area contributed by atoms with Crippen LogP contribution in [0.15, 0.2) is 61.1 Å². The molecule has 1 fully saturated rings. The zero-order valence-corrected chi connectivity index (χ0v) is 15.5. The molecule has 0 radical (unpaired) electrons. The number of aromatic nitrogens is 3. The molecule has 0 aliphatic carbocycles. The number of benzene rings is 2. The van der Waals surface area contributed by atoms with Crippen LogP contribution in [-0.2, 0) is 6.18 Å². The highest BCUT2D eigenvalue weighted by atomic mass is 19.4. The summed E-state index contributed by atoms with van der Waals surface area (Å²) in [6.07, 6.45) is -1.84. The lowest BCUT2D eigenvalue weighted by molar-refractivity contribution is -0.137. The first-order valence-corrected chi connectivity index (χ1v) is 9.26. The molecule has 2 aromatic carbocycles. The van der Waals surface area contributed by atoms with Crippen molar-refractivity contribution in [3.8, 4) is 11.3 Å². The van der Waals surface area contributed by atoms with E-state index in [-0.39, 0.29) is 12.1 Å². The van der Waals surface area contributed by atoms with E-state index in [1.807, 2.05) is 30.3 Å². The molecule has 152 valence electrons. The van der Waals surface area contributed by atoms with Crippen LogP contribution in [0.5, 0.6) is 0 Å². The largest absolute Gasteiger partial charge is 0.417 e. The van der Waals surface area contributed by atoms with Crippen LogP contribution in [0.25, 0.3) is 22.3 Å². The van der Waals surface area contributed by atoms with Crippen molar-refractivity contribution in [3.05, 3.63) is 72.2 Å². The summed E-state index contributed by atoms with van der Waals surface area (Å²) >= 11 is 0. The lowest BCUT2D eigenvalue weighted by Crippen LogP contribution is -2.29. The molecule has 30 heavy (non-hydrogen) atoms. The van der Waals surface area contributed by atoms with E-state index in [2.05, 4.69) is 20.3 Å². The van der Waals surface area contributed by atoms with Crippen molar-refractivity contribution in [2.75, 3.05) is 11.4 Å². The molecule has 6 nitrogen and oxygen atoms in total. The minimum absolute atomic E-state index is 0.210. The van der Waals surface area contributed by atoms with Gasteiger partial charge in [0.1, 0.15) is 0 Å². The molecular formula is C21H16F3N5O. The number of amides is 2. The number of rotatable bonds is 3. The van der Waals surface area contributed by atoms with E-state index < -0.39 is 11.7 Å². The molecule has 4 aromatic rings. The lowest BCUT2D eigenvalue weighted by atomic mass is 10.0. The quantitative estimate of drug-likeness (QED) is 0.451. The standard InChI is InChI=1S/C21H16F3N5O/c22-21(23,24)14-7-17(25-9-14)12-1-3-13(4-2-12)19-10-26-20(30)29(19)15-5-6-16-18(8-15)28-11-27-16/h1-9,11,19,25H,10H2,(H,26,30)(H,27,28). The molecular weight excluding hydrogens is 395 g/mol. The van der Waals surface area contributed by atoms with Crippen molar-refractivity contribution < 1.29 is 18.0 Å². The molecule has 3 N–H and O–H groups in total. The zero-order chi connectivity index (χ0) is 20.9. The Morgan fingerprint density at radius 3 is 2.57 bits per heavy atom. The van der Waals surface area contributed by atoms with Gasteiger partial charge in [-0.3, -0.25) is 4.90 Å². The van der Waals surface area contributed by atoms with Gasteiger partial charge < -0.3 is 15.3 Å². The fraction of sp³-hybridized carbons (Fsp3) is 0.143. The molecule has 3 heterocycles. The number of hydrogen-bond donors (Lipinski definition) is 3. The predicted molar refractivity (Wildman–Crippen MR) is 106 cm³/mol. The van der Waals surface area contributed by atoms with Crippen LogP contribution in [0.1, 0.15) is 17.2 Å². The molecule has 2 aromatic heterocycles. The Balaban J connectivity index is 1.44. The minimum Gasteiger partial charge on any atom is -0.361 e. The van der Waals surface area contributed by atoms with Crippen LogP contribution in [0.4, 0.5) is 23.7 Å². The number of anilines is 1. The fourth-order valence-corrected chi connectivity index (χ4v) is 3.75. The molecule has 5 rings (SSSR count). The summed E-state index contributed by atoms with van der Waals surface area (Å²) in [5.74, 6) is 0. The third-order valence-electron chi connectivity index (χ3n) is 5.28. The second-order valence-electron chi connectivity index (χ2n) is 7.10. The molecule has 1 atom stereocenters.